The van der Waals surface area contributed by atoms with Gasteiger partial charge in [-0.05, 0) is 25.0 Å². The van der Waals surface area contributed by atoms with Gasteiger partial charge < -0.3 is 10.0 Å². The molecule has 1 aromatic heterocycles. The summed E-state index contributed by atoms with van der Waals surface area (Å²) in [6.45, 7) is 2.04. The maximum absolute atomic E-state index is 12.4. The first-order valence-electron chi connectivity index (χ1n) is 7.06. The predicted octanol–water partition coefficient (Wildman–Crippen LogP) is 1.67. The van der Waals surface area contributed by atoms with Crippen LogP contribution in [0.15, 0.2) is 42.6 Å². The lowest BCUT2D eigenvalue weighted by atomic mass is 10.1. The maximum Gasteiger partial charge on any atom is 0.326 e. The number of amides is 1. The Hall–Kier alpha value is -2.63. The zero-order valence-corrected chi connectivity index (χ0v) is 12.6. The number of rotatable bonds is 6. The van der Waals surface area contributed by atoms with E-state index in [1.807, 2.05) is 30.3 Å². The Kier molecular flexibility index (Phi) is 4.93. The molecule has 0 saturated carbocycles. The molecule has 0 aliphatic heterocycles. The second-order valence-electron chi connectivity index (χ2n) is 5.11. The number of aliphatic carboxylic acids is 1. The average Bonchev–Trinajstić information content (AvgIpc) is 3.00. The molecular formula is C16H19N3O3. The molecule has 1 aromatic carbocycles. The molecule has 0 saturated heterocycles. The molecule has 6 heteroatoms. The Morgan fingerprint density at radius 2 is 1.95 bits per heavy atom. The minimum atomic E-state index is -1.04. The number of hydrogen-bond acceptors (Lipinski definition) is 3. The van der Waals surface area contributed by atoms with Crippen molar-refractivity contribution in [1.82, 2.24) is 14.7 Å². The molecule has 1 atom stereocenters. The largest absolute Gasteiger partial charge is 0.480 e. The smallest absolute Gasteiger partial charge is 0.326 e. The summed E-state index contributed by atoms with van der Waals surface area (Å²) in [5, 5.41) is 13.2. The van der Waals surface area contributed by atoms with Gasteiger partial charge in [0, 0.05) is 19.8 Å². The summed E-state index contributed by atoms with van der Waals surface area (Å²) in [5.74, 6) is -1.38. The number of aromatic nitrogens is 2. The van der Waals surface area contributed by atoms with Crippen molar-refractivity contribution in [3.8, 4) is 0 Å². The summed E-state index contributed by atoms with van der Waals surface area (Å²) in [7, 11) is 1.48. The fraction of sp³-hybridized carbons (Fsp3) is 0.312. The zero-order valence-electron chi connectivity index (χ0n) is 12.6. The number of carbonyl (C=O) groups is 2. The maximum atomic E-state index is 12.4. The zero-order chi connectivity index (χ0) is 16.1. The van der Waals surface area contributed by atoms with Gasteiger partial charge in [0.2, 0.25) is 0 Å². The van der Waals surface area contributed by atoms with Crippen molar-refractivity contribution in [2.45, 2.75) is 25.9 Å². The Morgan fingerprint density at radius 3 is 2.59 bits per heavy atom. The van der Waals surface area contributed by atoms with Crippen molar-refractivity contribution in [2.75, 3.05) is 7.05 Å². The molecule has 1 amide bonds. The van der Waals surface area contributed by atoms with Crippen molar-refractivity contribution >= 4 is 11.9 Å². The van der Waals surface area contributed by atoms with Crippen LogP contribution in [0.4, 0.5) is 0 Å². The third-order valence-corrected chi connectivity index (χ3v) is 3.65. The van der Waals surface area contributed by atoms with Gasteiger partial charge >= 0.3 is 5.97 Å². The number of carbonyl (C=O) groups excluding carboxylic acids is 1. The van der Waals surface area contributed by atoms with Crippen molar-refractivity contribution in [1.29, 1.82) is 0 Å². The standard InChI is InChI=1S/C16H19N3O3/c1-12(16(21)22)18(2)15(20)14-8-10-17-19(14)11-9-13-6-4-3-5-7-13/h3-8,10,12H,9,11H2,1-2H3,(H,21,22). The van der Waals surface area contributed by atoms with Crippen LogP contribution in [0.2, 0.25) is 0 Å². The number of likely N-dealkylation sites (N-methyl/N-ethyl adjacent to an activating group) is 1. The van der Waals surface area contributed by atoms with Gasteiger partial charge in [0.05, 0.1) is 0 Å². The lowest BCUT2D eigenvalue weighted by Gasteiger charge is -2.21. The van der Waals surface area contributed by atoms with E-state index in [0.29, 0.717) is 12.2 Å². The molecule has 1 N–H and O–H groups in total. The van der Waals surface area contributed by atoms with Crippen LogP contribution in [-0.4, -0.2) is 44.8 Å². The van der Waals surface area contributed by atoms with E-state index in [0.717, 1.165) is 12.0 Å². The van der Waals surface area contributed by atoms with E-state index in [1.165, 1.54) is 18.9 Å². The molecule has 116 valence electrons. The summed E-state index contributed by atoms with van der Waals surface area (Å²) < 4.78 is 1.61. The van der Waals surface area contributed by atoms with Crippen LogP contribution in [0.3, 0.4) is 0 Å². The second-order valence-corrected chi connectivity index (χ2v) is 5.11. The van der Waals surface area contributed by atoms with E-state index in [9.17, 15) is 9.59 Å². The molecule has 1 unspecified atom stereocenters. The molecule has 22 heavy (non-hydrogen) atoms. The average molecular weight is 301 g/mol. The van der Waals surface area contributed by atoms with Crippen molar-refractivity contribution in [3.63, 3.8) is 0 Å². The Morgan fingerprint density at radius 1 is 1.27 bits per heavy atom. The number of nitrogens with zero attached hydrogens (tertiary/aromatic N) is 3. The topological polar surface area (TPSA) is 75.4 Å². The molecule has 1 heterocycles. The van der Waals surface area contributed by atoms with E-state index in [4.69, 9.17) is 5.11 Å². The number of carboxylic acid groups (broad SMARTS) is 1. The first-order valence-corrected chi connectivity index (χ1v) is 7.06. The SMILES string of the molecule is CC(C(=O)O)N(C)C(=O)c1ccnn1CCc1ccccc1. The Balaban J connectivity index is 2.09. The monoisotopic (exact) mass is 301 g/mol. The van der Waals surface area contributed by atoms with Gasteiger partial charge in [0.1, 0.15) is 11.7 Å². The molecule has 2 rings (SSSR count). The number of aryl methyl sites for hydroxylation is 2. The summed E-state index contributed by atoms with van der Waals surface area (Å²) in [4.78, 5) is 24.6. The third-order valence-electron chi connectivity index (χ3n) is 3.65. The molecule has 0 spiro atoms. The molecule has 0 bridgehead atoms. The van der Waals surface area contributed by atoms with Crippen LogP contribution in [0, 0.1) is 0 Å². The van der Waals surface area contributed by atoms with Crippen molar-refractivity contribution in [2.24, 2.45) is 0 Å². The highest BCUT2D eigenvalue weighted by Crippen LogP contribution is 2.09. The van der Waals surface area contributed by atoms with E-state index in [1.54, 1.807) is 16.9 Å². The first-order chi connectivity index (χ1) is 10.5. The van der Waals surface area contributed by atoms with E-state index in [2.05, 4.69) is 5.10 Å². The normalized spacial score (nSPS) is 11.9. The highest BCUT2D eigenvalue weighted by Gasteiger charge is 2.24. The van der Waals surface area contributed by atoms with Gasteiger partial charge in [-0.2, -0.15) is 5.10 Å². The van der Waals surface area contributed by atoms with E-state index in [-0.39, 0.29) is 5.91 Å². The van der Waals surface area contributed by atoms with Crippen molar-refractivity contribution in [3.05, 3.63) is 53.9 Å². The molecule has 0 radical (unpaired) electrons. The summed E-state index contributed by atoms with van der Waals surface area (Å²) in [5.41, 5.74) is 1.55. The van der Waals surface area contributed by atoms with Gasteiger partial charge in [0.15, 0.2) is 0 Å². The third kappa shape index (κ3) is 3.52. The van der Waals surface area contributed by atoms with E-state index < -0.39 is 12.0 Å². The Labute approximate surface area is 129 Å². The quantitative estimate of drug-likeness (QED) is 0.880. The summed E-state index contributed by atoms with van der Waals surface area (Å²) in [6, 6.07) is 10.6. The van der Waals surface area contributed by atoms with E-state index >= 15 is 0 Å². The molecule has 2 aromatic rings. The highest BCUT2D eigenvalue weighted by molar-refractivity contribution is 5.94. The minimum absolute atomic E-state index is 0.347. The number of benzene rings is 1. The minimum Gasteiger partial charge on any atom is -0.480 e. The molecule has 6 nitrogen and oxygen atoms in total. The van der Waals surface area contributed by atoms with Crippen LogP contribution in [0.5, 0.6) is 0 Å². The first kappa shape index (κ1) is 15.8. The number of carboxylic acids is 1. The summed E-state index contributed by atoms with van der Waals surface area (Å²) in [6.07, 6.45) is 2.30. The fourth-order valence-electron chi connectivity index (χ4n) is 2.09. The van der Waals surface area contributed by atoms with Crippen LogP contribution < -0.4 is 0 Å². The van der Waals surface area contributed by atoms with Crippen molar-refractivity contribution < 1.29 is 14.7 Å². The molecular weight excluding hydrogens is 282 g/mol. The molecule has 0 aliphatic rings. The van der Waals surface area contributed by atoms with Gasteiger partial charge in [-0.1, -0.05) is 30.3 Å². The van der Waals surface area contributed by atoms with Gasteiger partial charge in [-0.25, -0.2) is 4.79 Å². The van der Waals surface area contributed by atoms with Crippen LogP contribution in [0.25, 0.3) is 0 Å². The Bertz CT molecular complexity index is 652. The summed E-state index contributed by atoms with van der Waals surface area (Å²) >= 11 is 0. The van der Waals surface area contributed by atoms with Gasteiger partial charge in [-0.3, -0.25) is 9.48 Å². The molecule has 0 fully saturated rings. The van der Waals surface area contributed by atoms with Crippen LogP contribution in [-0.2, 0) is 17.8 Å². The predicted molar refractivity (Wildman–Crippen MR) is 81.6 cm³/mol. The second kappa shape index (κ2) is 6.89. The van der Waals surface area contributed by atoms with Gasteiger partial charge in [0.25, 0.3) is 5.91 Å². The lowest BCUT2D eigenvalue weighted by Crippen LogP contribution is -2.41. The fourth-order valence-corrected chi connectivity index (χ4v) is 2.09. The molecule has 0 aliphatic carbocycles. The van der Waals surface area contributed by atoms with Gasteiger partial charge in [-0.15, -0.1) is 0 Å². The van der Waals surface area contributed by atoms with Crippen LogP contribution >= 0.6 is 0 Å². The lowest BCUT2D eigenvalue weighted by molar-refractivity contribution is -0.141. The van der Waals surface area contributed by atoms with Crippen LogP contribution in [0.1, 0.15) is 23.0 Å². The highest BCUT2D eigenvalue weighted by atomic mass is 16.4. The number of hydrogen-bond donors (Lipinski definition) is 1.